The molecular weight excluding hydrogens is 290 g/mol. The highest BCUT2D eigenvalue weighted by Crippen LogP contribution is 2.26. The van der Waals surface area contributed by atoms with Crippen molar-refractivity contribution in [3.05, 3.63) is 29.8 Å². The van der Waals surface area contributed by atoms with Crippen LogP contribution in [0.15, 0.2) is 29.2 Å². The summed E-state index contributed by atoms with van der Waals surface area (Å²) < 4.78 is 38.0. The van der Waals surface area contributed by atoms with Crippen LogP contribution in [0.5, 0.6) is 0 Å². The molecule has 0 bridgehead atoms. The quantitative estimate of drug-likeness (QED) is 0.851. The number of ether oxygens (including phenoxy) is 2. The lowest BCUT2D eigenvalue weighted by Gasteiger charge is -2.41. The molecule has 1 aliphatic heterocycles. The topological polar surface area (TPSA) is 55.8 Å². The Kier molecular flexibility index (Phi) is 4.72. The van der Waals surface area contributed by atoms with Crippen LogP contribution < -0.4 is 0 Å². The van der Waals surface area contributed by atoms with Crippen LogP contribution in [0.4, 0.5) is 0 Å². The van der Waals surface area contributed by atoms with Crippen molar-refractivity contribution in [3.8, 4) is 0 Å². The summed E-state index contributed by atoms with van der Waals surface area (Å²) in [5.74, 6) is 0. The zero-order valence-electron chi connectivity index (χ0n) is 13.0. The maximum absolute atomic E-state index is 12.8. The molecule has 5 nitrogen and oxygen atoms in total. The van der Waals surface area contributed by atoms with Crippen molar-refractivity contribution in [1.29, 1.82) is 0 Å². The highest BCUT2D eigenvalue weighted by atomic mass is 32.2. The smallest absolute Gasteiger partial charge is 0.243 e. The Morgan fingerprint density at radius 2 is 1.95 bits per heavy atom. The summed E-state index contributed by atoms with van der Waals surface area (Å²) >= 11 is 0. The van der Waals surface area contributed by atoms with E-state index in [0.717, 1.165) is 5.56 Å². The number of hydrogen-bond acceptors (Lipinski definition) is 4. The van der Waals surface area contributed by atoms with Crippen LogP contribution in [0, 0.1) is 6.92 Å². The third kappa shape index (κ3) is 3.83. The van der Waals surface area contributed by atoms with E-state index in [2.05, 4.69) is 0 Å². The normalized spacial score (nSPS) is 23.1. The number of morpholine rings is 1. The average Bonchev–Trinajstić information content (AvgIpc) is 2.37. The van der Waals surface area contributed by atoms with E-state index in [4.69, 9.17) is 9.47 Å². The third-order valence-corrected chi connectivity index (χ3v) is 5.29. The molecule has 1 saturated heterocycles. The van der Waals surface area contributed by atoms with Gasteiger partial charge in [-0.25, -0.2) is 8.42 Å². The minimum Gasteiger partial charge on any atom is -0.382 e. The number of nitrogens with zero attached hydrogens (tertiary/aromatic N) is 1. The first-order chi connectivity index (χ1) is 9.74. The van der Waals surface area contributed by atoms with Gasteiger partial charge in [-0.3, -0.25) is 0 Å². The van der Waals surface area contributed by atoms with Crippen molar-refractivity contribution < 1.29 is 17.9 Å². The van der Waals surface area contributed by atoms with E-state index in [1.165, 1.54) is 4.31 Å². The Labute approximate surface area is 126 Å². The van der Waals surface area contributed by atoms with Crippen molar-refractivity contribution in [3.63, 3.8) is 0 Å². The van der Waals surface area contributed by atoms with Crippen LogP contribution in [0.2, 0.25) is 0 Å². The van der Waals surface area contributed by atoms with Crippen molar-refractivity contribution in [2.75, 3.05) is 26.8 Å². The van der Waals surface area contributed by atoms with Crippen LogP contribution >= 0.6 is 0 Å². The summed E-state index contributed by atoms with van der Waals surface area (Å²) in [4.78, 5) is 0.321. The molecule has 1 atom stereocenters. The van der Waals surface area contributed by atoms with E-state index < -0.39 is 15.6 Å². The van der Waals surface area contributed by atoms with Gasteiger partial charge in [-0.05, 0) is 32.9 Å². The first kappa shape index (κ1) is 16.4. The monoisotopic (exact) mass is 313 g/mol. The van der Waals surface area contributed by atoms with Crippen molar-refractivity contribution in [2.45, 2.75) is 37.4 Å². The van der Waals surface area contributed by atoms with Gasteiger partial charge in [0.15, 0.2) is 0 Å². The molecule has 0 aromatic heterocycles. The lowest BCUT2D eigenvalue weighted by Crippen LogP contribution is -2.55. The standard InChI is InChI=1S/C15H23NO4S/c1-12-5-7-14(8-6-12)21(17,18)16-9-13(10-19-4)20-15(2,3)11-16/h5-8,13H,9-11H2,1-4H3/t13-/m0/s1. The Morgan fingerprint density at radius 1 is 1.33 bits per heavy atom. The van der Waals surface area contributed by atoms with Gasteiger partial charge in [0, 0.05) is 20.2 Å². The SMILES string of the molecule is COC[C@@H]1CN(S(=O)(=O)c2ccc(C)cc2)CC(C)(C)O1. The molecule has 0 spiro atoms. The zero-order chi connectivity index (χ0) is 15.7. The summed E-state index contributed by atoms with van der Waals surface area (Å²) in [6.45, 7) is 6.75. The van der Waals surface area contributed by atoms with E-state index in [-0.39, 0.29) is 6.10 Å². The molecule has 0 saturated carbocycles. The molecule has 1 aromatic rings. The van der Waals surface area contributed by atoms with Gasteiger partial charge >= 0.3 is 0 Å². The molecule has 2 rings (SSSR count). The Balaban J connectivity index is 2.28. The maximum Gasteiger partial charge on any atom is 0.243 e. The number of rotatable bonds is 4. The van der Waals surface area contributed by atoms with Crippen molar-refractivity contribution in [2.24, 2.45) is 0 Å². The molecule has 118 valence electrons. The Morgan fingerprint density at radius 3 is 2.52 bits per heavy atom. The van der Waals surface area contributed by atoms with Gasteiger partial charge in [0.2, 0.25) is 10.0 Å². The molecule has 0 N–H and O–H groups in total. The van der Waals surface area contributed by atoms with Crippen LogP contribution in [-0.4, -0.2) is 51.2 Å². The summed E-state index contributed by atoms with van der Waals surface area (Å²) in [6, 6.07) is 6.92. The summed E-state index contributed by atoms with van der Waals surface area (Å²) in [5, 5.41) is 0. The number of benzene rings is 1. The lowest BCUT2D eigenvalue weighted by molar-refractivity contribution is -0.135. The molecule has 1 aromatic carbocycles. The highest BCUT2D eigenvalue weighted by Gasteiger charge is 2.39. The number of methoxy groups -OCH3 is 1. The van der Waals surface area contributed by atoms with E-state index in [1.807, 2.05) is 32.9 Å². The predicted octanol–water partition coefficient (Wildman–Crippen LogP) is 1.81. The van der Waals surface area contributed by atoms with Gasteiger partial charge in [0.05, 0.1) is 23.2 Å². The van der Waals surface area contributed by atoms with E-state index in [9.17, 15) is 8.42 Å². The molecule has 1 fully saturated rings. The van der Waals surface area contributed by atoms with Crippen LogP contribution in [-0.2, 0) is 19.5 Å². The molecule has 0 radical (unpaired) electrons. The molecule has 0 unspecified atom stereocenters. The average molecular weight is 313 g/mol. The Bertz CT molecular complexity index is 580. The number of hydrogen-bond donors (Lipinski definition) is 0. The predicted molar refractivity (Wildman–Crippen MR) is 80.8 cm³/mol. The van der Waals surface area contributed by atoms with Gasteiger partial charge in [-0.2, -0.15) is 4.31 Å². The number of sulfonamides is 1. The van der Waals surface area contributed by atoms with Crippen LogP contribution in [0.25, 0.3) is 0 Å². The van der Waals surface area contributed by atoms with Gasteiger partial charge in [0.25, 0.3) is 0 Å². The van der Waals surface area contributed by atoms with E-state index >= 15 is 0 Å². The second kappa shape index (κ2) is 6.04. The first-order valence-electron chi connectivity index (χ1n) is 6.98. The lowest BCUT2D eigenvalue weighted by atomic mass is 10.1. The maximum atomic E-state index is 12.8. The highest BCUT2D eigenvalue weighted by molar-refractivity contribution is 7.89. The van der Waals surface area contributed by atoms with Gasteiger partial charge in [0.1, 0.15) is 0 Å². The second-order valence-electron chi connectivity index (χ2n) is 6.07. The second-order valence-corrected chi connectivity index (χ2v) is 8.00. The summed E-state index contributed by atoms with van der Waals surface area (Å²) in [7, 11) is -1.92. The van der Waals surface area contributed by atoms with E-state index in [0.29, 0.717) is 24.6 Å². The largest absolute Gasteiger partial charge is 0.382 e. The Hall–Kier alpha value is -0.950. The number of aryl methyl sites for hydroxylation is 1. The third-order valence-electron chi connectivity index (χ3n) is 3.46. The van der Waals surface area contributed by atoms with Crippen LogP contribution in [0.1, 0.15) is 19.4 Å². The molecule has 21 heavy (non-hydrogen) atoms. The van der Waals surface area contributed by atoms with Crippen LogP contribution in [0.3, 0.4) is 0 Å². The molecule has 1 heterocycles. The zero-order valence-corrected chi connectivity index (χ0v) is 13.8. The molecule has 0 aliphatic carbocycles. The van der Waals surface area contributed by atoms with Crippen molar-refractivity contribution in [1.82, 2.24) is 4.31 Å². The van der Waals surface area contributed by atoms with E-state index in [1.54, 1.807) is 19.2 Å². The summed E-state index contributed by atoms with van der Waals surface area (Å²) in [6.07, 6.45) is -0.251. The van der Waals surface area contributed by atoms with Gasteiger partial charge < -0.3 is 9.47 Å². The first-order valence-corrected chi connectivity index (χ1v) is 8.42. The molecule has 6 heteroatoms. The van der Waals surface area contributed by atoms with Crippen molar-refractivity contribution >= 4 is 10.0 Å². The van der Waals surface area contributed by atoms with Gasteiger partial charge in [-0.15, -0.1) is 0 Å². The summed E-state index contributed by atoms with van der Waals surface area (Å²) in [5.41, 5.74) is 0.507. The van der Waals surface area contributed by atoms with Gasteiger partial charge in [-0.1, -0.05) is 17.7 Å². The molecule has 1 aliphatic rings. The molecule has 0 amide bonds. The fourth-order valence-electron chi connectivity index (χ4n) is 2.56. The molecular formula is C15H23NO4S. The minimum atomic E-state index is -3.50. The fraction of sp³-hybridized carbons (Fsp3) is 0.600. The minimum absolute atomic E-state index is 0.251. The fourth-order valence-corrected chi connectivity index (χ4v) is 4.18.